The summed E-state index contributed by atoms with van der Waals surface area (Å²) in [5.74, 6) is -0.555. The van der Waals surface area contributed by atoms with Gasteiger partial charge in [-0.1, -0.05) is 88.9 Å². The molecule has 3 aromatic heterocycles. The summed E-state index contributed by atoms with van der Waals surface area (Å²) in [5.41, 5.74) is 1.54. The van der Waals surface area contributed by atoms with Gasteiger partial charge in [-0.2, -0.15) is 0 Å². The van der Waals surface area contributed by atoms with Crippen LogP contribution in [0.1, 0.15) is 177 Å². The first-order valence-corrected chi connectivity index (χ1v) is 34.9. The normalized spacial score (nSPS) is 14.9. The molecule has 4 N–H and O–H groups in total. The number of unbranched alkanes of at least 4 members (excludes halogenated alkanes) is 5. The number of nitrogens with zero attached hydrogens (tertiary/aromatic N) is 9. The van der Waals surface area contributed by atoms with Gasteiger partial charge in [-0.15, -0.1) is 15.3 Å². The van der Waals surface area contributed by atoms with E-state index in [1.807, 2.05) is 37.1 Å². The standard InChI is InChI=1S/C72H105N11O15/c1-10-14-15-18-27-81-38-55(75-78-81)41-91-44-69(11-2,36-52(5)6)45-94-48-70(12-3,46-92-43-57-40-83(80-77-57)29-30-90-32-31-89-9)49-95-50-71(13-4,51-96-53(7)8)47-93-42-56-39-82(79-76-56)28-19-16-17-20-66(86)73-37-67(87)74-54-21-24-61-60(33-54)68(88)98-72(61)62-25-22-58(84)34-64(62)97-65-35-59(85)23-26-63(65)72/h21-26,33-35,38-40,52-53,84-85H,10-20,27-32,36-37,41-51H2,1-9H3,(H,73,86)(H,74,87). The average molecular weight is 1360 g/mol. The Balaban J connectivity index is 0.798. The number of hydrogen-bond acceptors (Lipinski definition) is 21. The van der Waals surface area contributed by atoms with Crippen molar-refractivity contribution in [2.24, 2.45) is 22.2 Å². The number of aromatic hydroxyl groups is 2. The van der Waals surface area contributed by atoms with Gasteiger partial charge >= 0.3 is 5.97 Å². The molecule has 0 aliphatic carbocycles. The van der Waals surface area contributed by atoms with E-state index in [1.54, 1.807) is 40.7 Å². The van der Waals surface area contributed by atoms with E-state index in [4.69, 9.17) is 47.4 Å². The average Bonchev–Trinajstić information content (AvgIpc) is 1.45. The van der Waals surface area contributed by atoms with E-state index in [9.17, 15) is 24.6 Å². The van der Waals surface area contributed by atoms with Gasteiger partial charge < -0.3 is 68.2 Å². The zero-order chi connectivity index (χ0) is 70.0. The Morgan fingerprint density at radius 2 is 1.08 bits per heavy atom. The fourth-order valence-corrected chi connectivity index (χ4v) is 12.3. The predicted molar refractivity (Wildman–Crippen MR) is 364 cm³/mol. The highest BCUT2D eigenvalue weighted by Gasteiger charge is 2.54. The maximum atomic E-state index is 13.6. The van der Waals surface area contributed by atoms with Crippen molar-refractivity contribution in [2.45, 2.75) is 184 Å². The van der Waals surface area contributed by atoms with Crippen LogP contribution in [0.25, 0.3) is 0 Å². The van der Waals surface area contributed by atoms with Gasteiger partial charge in [-0.3, -0.25) is 19.0 Å². The topological polar surface area (TPSA) is 300 Å². The number of nitrogens with one attached hydrogen (secondary N) is 2. The molecule has 2 amide bonds. The number of ether oxygens (including phenoxy) is 10. The van der Waals surface area contributed by atoms with Crippen molar-refractivity contribution in [3.63, 3.8) is 0 Å². The summed E-state index contributed by atoms with van der Waals surface area (Å²) in [4.78, 5) is 39.5. The first-order valence-electron chi connectivity index (χ1n) is 34.9. The molecule has 0 radical (unpaired) electrons. The third kappa shape index (κ3) is 21.8. The lowest BCUT2D eigenvalue weighted by molar-refractivity contribution is -0.128. The minimum absolute atomic E-state index is 0.0122. The number of aryl methyl sites for hydroxylation is 2. The highest BCUT2D eigenvalue weighted by molar-refractivity contribution is 6.00. The quantitative estimate of drug-likeness (QED) is 0.0204. The molecule has 2 aliphatic heterocycles. The van der Waals surface area contributed by atoms with E-state index in [0.717, 1.165) is 50.8 Å². The number of phenols is 2. The lowest BCUT2D eigenvalue weighted by atomic mass is 9.77. The molecule has 0 saturated heterocycles. The maximum Gasteiger partial charge on any atom is 0.340 e. The number of rotatable bonds is 48. The van der Waals surface area contributed by atoms with Crippen molar-refractivity contribution in [1.82, 2.24) is 50.3 Å². The molecule has 0 bridgehead atoms. The van der Waals surface area contributed by atoms with Crippen molar-refractivity contribution in [2.75, 3.05) is 91.6 Å². The van der Waals surface area contributed by atoms with Crippen LogP contribution < -0.4 is 15.4 Å². The van der Waals surface area contributed by atoms with Crippen LogP contribution in [0.4, 0.5) is 5.69 Å². The fourth-order valence-electron chi connectivity index (χ4n) is 12.3. The fraction of sp³-hybridized carbons (Fsp3) is 0.625. The lowest BCUT2D eigenvalue weighted by Gasteiger charge is -2.38. The van der Waals surface area contributed by atoms with Crippen molar-refractivity contribution < 1.29 is 72.0 Å². The molecule has 98 heavy (non-hydrogen) atoms. The predicted octanol–water partition coefficient (Wildman–Crippen LogP) is 10.6. The van der Waals surface area contributed by atoms with Crippen molar-refractivity contribution in [1.29, 1.82) is 0 Å². The summed E-state index contributed by atoms with van der Waals surface area (Å²) >= 11 is 0. The Morgan fingerprint density at radius 1 is 0.571 bits per heavy atom. The van der Waals surface area contributed by atoms with Crippen LogP contribution in [0, 0.1) is 22.2 Å². The molecular weight excluding hydrogens is 1260 g/mol. The summed E-state index contributed by atoms with van der Waals surface area (Å²) in [6.07, 6.45) is 16.0. The molecule has 0 fully saturated rings. The summed E-state index contributed by atoms with van der Waals surface area (Å²) < 4.78 is 67.9. The van der Waals surface area contributed by atoms with Gasteiger partial charge in [0.2, 0.25) is 11.8 Å². The van der Waals surface area contributed by atoms with E-state index >= 15 is 0 Å². The van der Waals surface area contributed by atoms with E-state index in [0.29, 0.717) is 145 Å². The van der Waals surface area contributed by atoms with Gasteiger partial charge in [-0.05, 0) is 101 Å². The summed E-state index contributed by atoms with van der Waals surface area (Å²) in [6.45, 7) is 24.6. The first kappa shape index (κ1) is 76.3. The number of esters is 1. The molecule has 26 heteroatoms. The largest absolute Gasteiger partial charge is 0.508 e. The zero-order valence-corrected chi connectivity index (χ0v) is 59.0. The molecule has 3 aromatic carbocycles. The van der Waals surface area contributed by atoms with E-state index in [-0.39, 0.29) is 72.2 Å². The SMILES string of the molecule is CCCCCCn1cc(COCC(CC)(COCC(CC)(COCc2cn(CCOCCOC)nn2)COCC(CC)(COCc2cn(CCCCCC(=O)NCC(=O)Nc3ccc4c(c3)C(=O)OC43c4ccc(O)cc4Oc4cc(O)ccc43)nn2)COC(C)C)CC(C)C)nn1. The van der Waals surface area contributed by atoms with Gasteiger partial charge in [0, 0.05) is 77.4 Å². The lowest BCUT2D eigenvalue weighted by Crippen LogP contribution is -2.42. The molecule has 26 nitrogen and oxygen atoms in total. The summed E-state index contributed by atoms with van der Waals surface area (Å²) in [7, 11) is 1.65. The van der Waals surface area contributed by atoms with Crippen LogP contribution in [-0.4, -0.2) is 165 Å². The second kappa shape index (κ2) is 37.7. The summed E-state index contributed by atoms with van der Waals surface area (Å²) in [5, 5.41) is 52.2. The number of methoxy groups -OCH3 is 1. The number of aromatic nitrogens is 9. The Labute approximate surface area is 576 Å². The Kier molecular flexibility index (Phi) is 29.3. The second-order valence-corrected chi connectivity index (χ2v) is 27.0. The van der Waals surface area contributed by atoms with Crippen LogP contribution in [0.2, 0.25) is 0 Å². The Bertz CT molecular complexity index is 3400. The Hall–Kier alpha value is -7.43. The number of hydrogen-bond donors (Lipinski definition) is 4. The van der Waals surface area contributed by atoms with Crippen molar-refractivity contribution >= 4 is 23.5 Å². The third-order valence-corrected chi connectivity index (χ3v) is 18.1. The smallest absolute Gasteiger partial charge is 0.340 e. The maximum absolute atomic E-state index is 13.6. The molecule has 6 aromatic rings. The number of phenolic OH excluding ortho intramolecular Hbond substituents is 2. The van der Waals surface area contributed by atoms with Gasteiger partial charge in [0.1, 0.15) is 40.1 Å². The monoisotopic (exact) mass is 1360 g/mol. The minimum atomic E-state index is -1.44. The number of benzene rings is 3. The molecule has 1 spiro atoms. The van der Waals surface area contributed by atoms with E-state index in [2.05, 4.69) is 83.1 Å². The van der Waals surface area contributed by atoms with Crippen LogP contribution in [-0.2, 0) is 97.3 Å². The van der Waals surface area contributed by atoms with Crippen LogP contribution in [0.3, 0.4) is 0 Å². The van der Waals surface area contributed by atoms with Crippen molar-refractivity contribution in [3.05, 3.63) is 113 Å². The molecule has 3 atom stereocenters. The molecule has 8 rings (SSSR count). The Morgan fingerprint density at radius 3 is 1.61 bits per heavy atom. The number of amides is 2. The second-order valence-electron chi connectivity index (χ2n) is 27.0. The molecule has 2 aliphatic rings. The highest BCUT2D eigenvalue weighted by Crippen LogP contribution is 2.57. The van der Waals surface area contributed by atoms with Gasteiger partial charge in [0.05, 0.1) is 136 Å². The molecule has 0 saturated carbocycles. The number of fused-ring (bicyclic) bond motifs is 6. The van der Waals surface area contributed by atoms with E-state index < -0.39 is 28.3 Å². The molecule has 3 unspecified atom stereocenters. The van der Waals surface area contributed by atoms with Gasteiger partial charge in [0.15, 0.2) is 5.60 Å². The summed E-state index contributed by atoms with van der Waals surface area (Å²) in [6, 6.07) is 13.9. The number of carbonyl (C=O) groups is 3. The number of carbonyl (C=O) groups excluding carboxylic acids is 3. The number of anilines is 1. The highest BCUT2D eigenvalue weighted by atomic mass is 16.6. The van der Waals surface area contributed by atoms with Crippen molar-refractivity contribution in [3.8, 4) is 23.0 Å². The first-order chi connectivity index (χ1) is 47.4. The van der Waals surface area contributed by atoms with E-state index in [1.165, 1.54) is 49.6 Å². The van der Waals surface area contributed by atoms with Crippen LogP contribution >= 0.6 is 0 Å². The third-order valence-electron chi connectivity index (χ3n) is 18.1. The molecule has 538 valence electrons. The molecule has 5 heterocycles. The molecular formula is C72H105N11O15. The van der Waals surface area contributed by atoms with Gasteiger partial charge in [-0.25, -0.2) is 9.48 Å². The minimum Gasteiger partial charge on any atom is -0.508 e. The zero-order valence-electron chi connectivity index (χ0n) is 59.0. The van der Waals surface area contributed by atoms with Crippen LogP contribution in [0.15, 0.2) is 73.2 Å². The van der Waals surface area contributed by atoms with Gasteiger partial charge in [0.25, 0.3) is 0 Å². The van der Waals surface area contributed by atoms with Crippen LogP contribution in [0.5, 0.6) is 23.0 Å².